The number of hydrogen-bond acceptors (Lipinski definition) is 4. The van der Waals surface area contributed by atoms with Crippen molar-refractivity contribution < 1.29 is 14.2 Å². The predicted octanol–water partition coefficient (Wildman–Crippen LogP) is 2.75. The molecule has 0 aliphatic carbocycles. The molecule has 0 bridgehead atoms. The molecule has 4 nitrogen and oxygen atoms in total. The first-order chi connectivity index (χ1) is 10.4. The number of para-hydroxylation sites is 1. The molecule has 2 heterocycles. The Bertz CT molecular complexity index is 463. The lowest BCUT2D eigenvalue weighted by Gasteiger charge is -2.18. The van der Waals surface area contributed by atoms with Gasteiger partial charge in [0.05, 0.1) is 19.3 Å². The molecular formula is C17H25NO3. The Kier molecular flexibility index (Phi) is 4.99. The van der Waals surface area contributed by atoms with Crippen LogP contribution in [0.4, 0.5) is 0 Å². The molecular weight excluding hydrogens is 266 g/mol. The molecule has 0 amide bonds. The molecule has 2 unspecified atom stereocenters. The van der Waals surface area contributed by atoms with E-state index in [1.54, 1.807) is 0 Å². The first-order valence-corrected chi connectivity index (χ1v) is 8.08. The van der Waals surface area contributed by atoms with E-state index in [0.717, 1.165) is 63.7 Å². The Morgan fingerprint density at radius 3 is 3.00 bits per heavy atom. The highest BCUT2D eigenvalue weighted by atomic mass is 16.5. The molecule has 1 saturated heterocycles. The second-order valence-electron chi connectivity index (χ2n) is 5.79. The van der Waals surface area contributed by atoms with E-state index in [4.69, 9.17) is 14.2 Å². The molecule has 3 rings (SSSR count). The van der Waals surface area contributed by atoms with Gasteiger partial charge in [-0.05, 0) is 24.8 Å². The van der Waals surface area contributed by atoms with Crippen LogP contribution in [-0.4, -0.2) is 32.5 Å². The van der Waals surface area contributed by atoms with Crippen LogP contribution < -0.4 is 14.8 Å². The number of benzene rings is 1. The molecule has 2 atom stereocenters. The van der Waals surface area contributed by atoms with Crippen LogP contribution in [0.3, 0.4) is 0 Å². The van der Waals surface area contributed by atoms with Crippen LogP contribution in [0.1, 0.15) is 31.7 Å². The molecule has 0 radical (unpaired) electrons. The van der Waals surface area contributed by atoms with Gasteiger partial charge in [-0.25, -0.2) is 0 Å². The molecule has 1 fully saturated rings. The Morgan fingerprint density at radius 1 is 1.19 bits per heavy atom. The van der Waals surface area contributed by atoms with Crippen molar-refractivity contribution in [2.45, 2.75) is 38.8 Å². The predicted molar refractivity (Wildman–Crippen MR) is 81.9 cm³/mol. The summed E-state index contributed by atoms with van der Waals surface area (Å²) < 4.78 is 17.3. The van der Waals surface area contributed by atoms with Crippen LogP contribution in [0.25, 0.3) is 0 Å². The molecule has 116 valence electrons. The zero-order valence-corrected chi connectivity index (χ0v) is 12.8. The van der Waals surface area contributed by atoms with Gasteiger partial charge >= 0.3 is 0 Å². The van der Waals surface area contributed by atoms with Crippen LogP contribution in [0.15, 0.2) is 18.2 Å². The lowest BCUT2D eigenvalue weighted by molar-refractivity contribution is 0.0872. The fourth-order valence-corrected chi connectivity index (χ4v) is 3.16. The summed E-state index contributed by atoms with van der Waals surface area (Å²) >= 11 is 0. The summed E-state index contributed by atoms with van der Waals surface area (Å²) in [7, 11) is 0. The molecule has 0 spiro atoms. The highest BCUT2D eigenvalue weighted by Crippen LogP contribution is 2.33. The van der Waals surface area contributed by atoms with Crippen molar-refractivity contribution in [1.29, 1.82) is 0 Å². The molecule has 21 heavy (non-hydrogen) atoms. The van der Waals surface area contributed by atoms with Crippen molar-refractivity contribution in [2.24, 2.45) is 5.92 Å². The summed E-state index contributed by atoms with van der Waals surface area (Å²) in [5, 5.41) is 3.56. The quantitative estimate of drug-likeness (QED) is 0.905. The van der Waals surface area contributed by atoms with Gasteiger partial charge in [-0.15, -0.1) is 0 Å². The fraction of sp³-hybridized carbons (Fsp3) is 0.647. The summed E-state index contributed by atoms with van der Waals surface area (Å²) in [5.74, 6) is 2.43. The standard InChI is InChI=1S/C17H25NO3/c1-2-15-13(7-10-20-15)11-18-12-14-5-3-6-16-17(14)21-9-4-8-19-16/h3,5-6,13,15,18H,2,4,7-12H2,1H3. The summed E-state index contributed by atoms with van der Waals surface area (Å²) in [6.45, 7) is 6.40. The molecule has 2 aliphatic heterocycles. The van der Waals surface area contributed by atoms with Crippen LogP contribution in [0.2, 0.25) is 0 Å². The van der Waals surface area contributed by atoms with E-state index in [-0.39, 0.29) is 0 Å². The Morgan fingerprint density at radius 2 is 2.10 bits per heavy atom. The molecule has 4 heteroatoms. The number of ether oxygens (including phenoxy) is 3. The van der Waals surface area contributed by atoms with Gasteiger partial charge in [0.15, 0.2) is 11.5 Å². The Balaban J connectivity index is 1.58. The Labute approximate surface area is 126 Å². The zero-order valence-electron chi connectivity index (χ0n) is 12.8. The van der Waals surface area contributed by atoms with E-state index < -0.39 is 0 Å². The van der Waals surface area contributed by atoms with E-state index >= 15 is 0 Å². The second kappa shape index (κ2) is 7.14. The third-order valence-electron chi connectivity index (χ3n) is 4.32. The molecule has 0 aromatic heterocycles. The minimum absolute atomic E-state index is 0.421. The number of fused-ring (bicyclic) bond motifs is 1. The van der Waals surface area contributed by atoms with Crippen molar-refractivity contribution in [1.82, 2.24) is 5.32 Å². The zero-order chi connectivity index (χ0) is 14.5. The summed E-state index contributed by atoms with van der Waals surface area (Å²) in [5.41, 5.74) is 1.18. The van der Waals surface area contributed by atoms with Gasteiger partial charge in [0.25, 0.3) is 0 Å². The van der Waals surface area contributed by atoms with Gasteiger partial charge in [0.1, 0.15) is 0 Å². The topological polar surface area (TPSA) is 39.7 Å². The van der Waals surface area contributed by atoms with Crippen LogP contribution in [0, 0.1) is 5.92 Å². The Hall–Kier alpha value is -1.26. The third kappa shape index (κ3) is 3.50. The maximum atomic E-state index is 5.85. The van der Waals surface area contributed by atoms with E-state index in [1.165, 1.54) is 5.56 Å². The van der Waals surface area contributed by atoms with Crippen LogP contribution in [0.5, 0.6) is 11.5 Å². The number of hydrogen-bond donors (Lipinski definition) is 1. The average molecular weight is 291 g/mol. The molecule has 1 aromatic rings. The van der Waals surface area contributed by atoms with Gasteiger partial charge in [0, 0.05) is 31.7 Å². The van der Waals surface area contributed by atoms with Gasteiger partial charge < -0.3 is 19.5 Å². The van der Waals surface area contributed by atoms with Gasteiger partial charge in [0.2, 0.25) is 0 Å². The lowest BCUT2D eigenvalue weighted by Crippen LogP contribution is -2.28. The smallest absolute Gasteiger partial charge is 0.165 e. The van der Waals surface area contributed by atoms with E-state index in [1.807, 2.05) is 12.1 Å². The highest BCUT2D eigenvalue weighted by Gasteiger charge is 2.26. The largest absolute Gasteiger partial charge is 0.490 e. The van der Waals surface area contributed by atoms with Crippen molar-refractivity contribution in [3.8, 4) is 11.5 Å². The van der Waals surface area contributed by atoms with Crippen LogP contribution >= 0.6 is 0 Å². The maximum absolute atomic E-state index is 5.85. The lowest BCUT2D eigenvalue weighted by atomic mass is 9.99. The third-order valence-corrected chi connectivity index (χ3v) is 4.32. The molecule has 1 N–H and O–H groups in total. The summed E-state index contributed by atoms with van der Waals surface area (Å²) in [6.07, 6.45) is 3.63. The van der Waals surface area contributed by atoms with Gasteiger partial charge in [-0.1, -0.05) is 19.1 Å². The van der Waals surface area contributed by atoms with Crippen molar-refractivity contribution >= 4 is 0 Å². The SMILES string of the molecule is CCC1OCCC1CNCc1cccc2c1OCCCO2. The van der Waals surface area contributed by atoms with E-state index in [0.29, 0.717) is 12.0 Å². The first-order valence-electron chi connectivity index (χ1n) is 8.08. The van der Waals surface area contributed by atoms with Crippen molar-refractivity contribution in [2.75, 3.05) is 26.4 Å². The monoisotopic (exact) mass is 291 g/mol. The van der Waals surface area contributed by atoms with E-state index in [2.05, 4.69) is 18.3 Å². The van der Waals surface area contributed by atoms with Gasteiger partial charge in [-0.2, -0.15) is 0 Å². The van der Waals surface area contributed by atoms with Crippen LogP contribution in [-0.2, 0) is 11.3 Å². The van der Waals surface area contributed by atoms with Crippen molar-refractivity contribution in [3.63, 3.8) is 0 Å². The minimum atomic E-state index is 0.421. The minimum Gasteiger partial charge on any atom is -0.490 e. The molecule has 2 aliphatic rings. The average Bonchev–Trinajstić information content (AvgIpc) is 2.82. The highest BCUT2D eigenvalue weighted by molar-refractivity contribution is 5.47. The number of nitrogens with one attached hydrogen (secondary N) is 1. The van der Waals surface area contributed by atoms with Crippen molar-refractivity contribution in [3.05, 3.63) is 23.8 Å². The molecule has 0 saturated carbocycles. The summed E-state index contributed by atoms with van der Waals surface area (Å²) in [4.78, 5) is 0. The normalized spacial score (nSPS) is 24.8. The fourth-order valence-electron chi connectivity index (χ4n) is 3.16. The second-order valence-corrected chi connectivity index (χ2v) is 5.79. The maximum Gasteiger partial charge on any atom is 0.165 e. The van der Waals surface area contributed by atoms with E-state index in [9.17, 15) is 0 Å². The molecule has 1 aromatic carbocycles. The summed E-state index contributed by atoms with van der Waals surface area (Å²) in [6, 6.07) is 6.14. The van der Waals surface area contributed by atoms with Gasteiger partial charge in [-0.3, -0.25) is 0 Å². The number of rotatable bonds is 5. The first kappa shape index (κ1) is 14.7.